The molecule has 0 saturated carbocycles. The van der Waals surface area contributed by atoms with Gasteiger partial charge in [-0.05, 0) is 18.6 Å². The number of H-pyrrole nitrogens is 1. The Morgan fingerprint density at radius 2 is 2.28 bits per heavy atom. The highest BCUT2D eigenvalue weighted by atomic mass is 35.5. The molecule has 0 aliphatic carbocycles. The second-order valence-electron chi connectivity index (χ2n) is 6.08. The van der Waals surface area contributed by atoms with Crippen molar-refractivity contribution in [3.63, 3.8) is 0 Å². The van der Waals surface area contributed by atoms with Gasteiger partial charge in [0.2, 0.25) is 0 Å². The van der Waals surface area contributed by atoms with Crippen LogP contribution >= 0.6 is 11.6 Å². The summed E-state index contributed by atoms with van der Waals surface area (Å²) in [6, 6.07) is 5.98. The average molecular weight is 354 g/mol. The quantitative estimate of drug-likeness (QED) is 0.779. The summed E-state index contributed by atoms with van der Waals surface area (Å²) in [6.07, 6.45) is 6.00. The van der Waals surface area contributed by atoms with Gasteiger partial charge in [-0.2, -0.15) is 5.26 Å². The van der Waals surface area contributed by atoms with E-state index in [1.807, 2.05) is 19.3 Å². The number of nitriles is 1. The molecule has 1 unspecified atom stereocenters. The van der Waals surface area contributed by atoms with Crippen LogP contribution in [0.3, 0.4) is 0 Å². The Balaban J connectivity index is 1.56. The van der Waals surface area contributed by atoms with Crippen molar-refractivity contribution in [2.75, 3.05) is 29.9 Å². The zero-order chi connectivity index (χ0) is 17.4. The van der Waals surface area contributed by atoms with E-state index in [9.17, 15) is 0 Å². The predicted octanol–water partition coefficient (Wildman–Crippen LogP) is 2.59. The summed E-state index contributed by atoms with van der Waals surface area (Å²) in [7, 11) is 1.99. The van der Waals surface area contributed by atoms with Crippen molar-refractivity contribution < 1.29 is 0 Å². The predicted molar refractivity (Wildman–Crippen MR) is 96.9 cm³/mol. The third-order valence-corrected chi connectivity index (χ3v) is 4.91. The molecular formula is C17H16ClN7. The molecule has 1 atom stereocenters. The van der Waals surface area contributed by atoms with Gasteiger partial charge in [-0.15, -0.1) is 0 Å². The molecule has 3 aromatic rings. The maximum atomic E-state index is 8.95. The molecule has 4 rings (SSSR count). The summed E-state index contributed by atoms with van der Waals surface area (Å²) < 4.78 is 0. The second-order valence-corrected chi connectivity index (χ2v) is 6.49. The normalized spacial score (nSPS) is 17.0. The van der Waals surface area contributed by atoms with Crippen molar-refractivity contribution in [3.05, 3.63) is 41.4 Å². The van der Waals surface area contributed by atoms with E-state index in [1.165, 1.54) is 0 Å². The molecule has 1 N–H and O–H groups in total. The minimum Gasteiger partial charge on any atom is -0.354 e. The first-order valence-electron chi connectivity index (χ1n) is 7.99. The first-order chi connectivity index (χ1) is 12.2. The van der Waals surface area contributed by atoms with Crippen LogP contribution in [0.5, 0.6) is 0 Å². The number of nitrogens with one attached hydrogen (secondary N) is 1. The molecule has 4 heterocycles. The molecule has 1 saturated heterocycles. The fraction of sp³-hybridized carbons (Fsp3) is 0.294. The highest BCUT2D eigenvalue weighted by Crippen LogP contribution is 2.30. The number of likely N-dealkylation sites (N-methyl/N-ethyl adjacent to an activating group) is 1. The average Bonchev–Trinajstić information content (AvgIpc) is 3.30. The van der Waals surface area contributed by atoms with Crippen LogP contribution in [0, 0.1) is 11.3 Å². The Bertz CT molecular complexity index is 961. The number of anilines is 2. The van der Waals surface area contributed by atoms with Crippen LogP contribution in [-0.2, 0) is 0 Å². The minimum absolute atomic E-state index is 0.266. The maximum Gasteiger partial charge on any atom is 0.147 e. The van der Waals surface area contributed by atoms with Gasteiger partial charge in [0.05, 0.1) is 16.0 Å². The Morgan fingerprint density at radius 1 is 1.40 bits per heavy atom. The molecular weight excluding hydrogens is 338 g/mol. The first kappa shape index (κ1) is 15.7. The van der Waals surface area contributed by atoms with E-state index in [0.717, 1.165) is 36.4 Å². The summed E-state index contributed by atoms with van der Waals surface area (Å²) in [5.41, 5.74) is 1.31. The second kappa shape index (κ2) is 6.22. The maximum absolute atomic E-state index is 8.95. The van der Waals surface area contributed by atoms with Crippen molar-refractivity contribution in [1.29, 1.82) is 5.26 Å². The molecule has 3 aromatic heterocycles. The van der Waals surface area contributed by atoms with E-state index in [2.05, 4.69) is 35.8 Å². The molecule has 8 heteroatoms. The van der Waals surface area contributed by atoms with Gasteiger partial charge in [-0.25, -0.2) is 15.0 Å². The SMILES string of the molecule is CN(c1ncc(C#N)cc1Cl)C1CCN(c2ncnc3[nH]ccc23)C1. The number of hydrogen-bond donors (Lipinski definition) is 1. The van der Waals surface area contributed by atoms with Crippen LogP contribution < -0.4 is 9.80 Å². The van der Waals surface area contributed by atoms with Gasteiger partial charge >= 0.3 is 0 Å². The van der Waals surface area contributed by atoms with Gasteiger partial charge in [0.15, 0.2) is 0 Å². The van der Waals surface area contributed by atoms with Crippen molar-refractivity contribution in [2.24, 2.45) is 0 Å². The van der Waals surface area contributed by atoms with Crippen LogP contribution in [0.4, 0.5) is 11.6 Å². The molecule has 25 heavy (non-hydrogen) atoms. The number of fused-ring (bicyclic) bond motifs is 1. The monoisotopic (exact) mass is 353 g/mol. The Labute approximate surface area is 149 Å². The molecule has 1 fully saturated rings. The fourth-order valence-corrected chi connectivity index (χ4v) is 3.58. The lowest BCUT2D eigenvalue weighted by Crippen LogP contribution is -2.35. The third-order valence-electron chi connectivity index (χ3n) is 4.63. The van der Waals surface area contributed by atoms with Crippen molar-refractivity contribution in [2.45, 2.75) is 12.5 Å². The van der Waals surface area contributed by atoms with E-state index < -0.39 is 0 Å². The van der Waals surface area contributed by atoms with Crippen molar-refractivity contribution >= 4 is 34.3 Å². The zero-order valence-corrected chi connectivity index (χ0v) is 14.4. The van der Waals surface area contributed by atoms with E-state index in [0.29, 0.717) is 16.4 Å². The molecule has 1 aliphatic heterocycles. The lowest BCUT2D eigenvalue weighted by atomic mass is 10.2. The van der Waals surface area contributed by atoms with Gasteiger partial charge in [0.25, 0.3) is 0 Å². The van der Waals surface area contributed by atoms with Crippen LogP contribution in [0.1, 0.15) is 12.0 Å². The molecule has 126 valence electrons. The number of halogens is 1. The summed E-state index contributed by atoms with van der Waals surface area (Å²) in [5.74, 6) is 1.64. The number of aromatic nitrogens is 4. The molecule has 1 aliphatic rings. The lowest BCUT2D eigenvalue weighted by molar-refractivity contribution is 0.684. The number of aromatic amines is 1. The van der Waals surface area contributed by atoms with Crippen LogP contribution in [0.15, 0.2) is 30.9 Å². The summed E-state index contributed by atoms with van der Waals surface area (Å²) in [6.45, 7) is 1.73. The van der Waals surface area contributed by atoms with Crippen LogP contribution in [-0.4, -0.2) is 46.1 Å². The fourth-order valence-electron chi connectivity index (χ4n) is 3.29. The third kappa shape index (κ3) is 2.75. The highest BCUT2D eigenvalue weighted by molar-refractivity contribution is 6.33. The molecule has 0 radical (unpaired) electrons. The minimum atomic E-state index is 0.266. The van der Waals surface area contributed by atoms with Gasteiger partial charge < -0.3 is 14.8 Å². The van der Waals surface area contributed by atoms with Crippen LogP contribution in [0.25, 0.3) is 11.0 Å². The van der Waals surface area contributed by atoms with Gasteiger partial charge in [0.1, 0.15) is 29.7 Å². The van der Waals surface area contributed by atoms with E-state index >= 15 is 0 Å². The topological polar surface area (TPSA) is 84.7 Å². The summed E-state index contributed by atoms with van der Waals surface area (Å²) >= 11 is 6.30. The van der Waals surface area contributed by atoms with E-state index in [-0.39, 0.29) is 6.04 Å². The number of pyridine rings is 1. The Hall–Kier alpha value is -2.85. The smallest absolute Gasteiger partial charge is 0.147 e. The van der Waals surface area contributed by atoms with Gasteiger partial charge in [-0.3, -0.25) is 0 Å². The van der Waals surface area contributed by atoms with E-state index in [1.54, 1.807) is 18.6 Å². The number of rotatable bonds is 3. The standard InChI is InChI=1S/C17H16ClN7/c1-24(17-14(18)6-11(7-19)8-21-17)12-3-5-25(9-12)16-13-2-4-20-15(13)22-10-23-16/h2,4,6,8,10,12H,3,5,9H2,1H3,(H,20,22,23). The van der Waals surface area contributed by atoms with E-state index in [4.69, 9.17) is 16.9 Å². The van der Waals surface area contributed by atoms with Gasteiger partial charge in [-0.1, -0.05) is 11.6 Å². The zero-order valence-electron chi connectivity index (χ0n) is 13.6. The number of hydrogen-bond acceptors (Lipinski definition) is 6. The lowest BCUT2D eigenvalue weighted by Gasteiger charge is -2.27. The number of nitrogens with zero attached hydrogens (tertiary/aromatic N) is 6. The molecule has 0 spiro atoms. The Kier molecular flexibility index (Phi) is 3.90. The summed E-state index contributed by atoms with van der Waals surface area (Å²) in [5, 5.41) is 10.5. The molecule has 0 bridgehead atoms. The summed E-state index contributed by atoms with van der Waals surface area (Å²) in [4.78, 5) is 20.5. The highest BCUT2D eigenvalue weighted by Gasteiger charge is 2.29. The van der Waals surface area contributed by atoms with Crippen LogP contribution in [0.2, 0.25) is 5.02 Å². The molecule has 7 nitrogen and oxygen atoms in total. The first-order valence-corrected chi connectivity index (χ1v) is 8.36. The molecule has 0 aromatic carbocycles. The Morgan fingerprint density at radius 3 is 3.08 bits per heavy atom. The molecule has 0 amide bonds. The van der Waals surface area contributed by atoms with Gasteiger partial charge in [0, 0.05) is 38.6 Å². The largest absolute Gasteiger partial charge is 0.354 e. The van der Waals surface area contributed by atoms with Crippen molar-refractivity contribution in [3.8, 4) is 6.07 Å². The van der Waals surface area contributed by atoms with Crippen molar-refractivity contribution in [1.82, 2.24) is 19.9 Å².